The van der Waals surface area contributed by atoms with Gasteiger partial charge in [0, 0.05) is 32.1 Å². The van der Waals surface area contributed by atoms with Crippen LogP contribution in [-0.4, -0.2) is 47.9 Å². The van der Waals surface area contributed by atoms with Crippen molar-refractivity contribution in [2.45, 2.75) is 18.6 Å². The first kappa shape index (κ1) is 16.1. The Kier molecular flexibility index (Phi) is 4.38. The zero-order valence-electron chi connectivity index (χ0n) is 13.9. The molecule has 4 rings (SSSR count). The molecule has 0 saturated carbocycles. The number of carbonyl (C=O) groups is 1. The lowest BCUT2D eigenvalue weighted by Gasteiger charge is -2.37. The molecular formula is C19H20N2O4. The molecule has 2 aliphatic rings. The normalized spacial score (nSPS) is 19.1. The monoisotopic (exact) mass is 340 g/mol. The molecule has 0 bridgehead atoms. The molecule has 1 aromatic heterocycles. The Morgan fingerprint density at radius 2 is 1.84 bits per heavy atom. The maximum absolute atomic E-state index is 13.0. The van der Waals surface area contributed by atoms with Crippen LogP contribution < -0.4 is 4.74 Å². The van der Waals surface area contributed by atoms with Gasteiger partial charge in [0.15, 0.2) is 5.79 Å². The third kappa shape index (κ3) is 3.36. The molecule has 1 amide bonds. The molecular weight excluding hydrogens is 320 g/mol. The molecule has 2 saturated heterocycles. The number of pyridine rings is 1. The molecule has 0 radical (unpaired) electrons. The first-order valence-electron chi connectivity index (χ1n) is 8.50. The fourth-order valence-corrected chi connectivity index (χ4v) is 3.27. The van der Waals surface area contributed by atoms with E-state index >= 15 is 0 Å². The summed E-state index contributed by atoms with van der Waals surface area (Å²) >= 11 is 0. The Bertz CT molecular complexity index is 734. The number of carbonyl (C=O) groups excluding carboxylic acids is 1. The van der Waals surface area contributed by atoms with Gasteiger partial charge < -0.3 is 19.1 Å². The van der Waals surface area contributed by atoms with Crippen LogP contribution in [0, 0.1) is 0 Å². The van der Waals surface area contributed by atoms with E-state index in [1.54, 1.807) is 30.6 Å². The van der Waals surface area contributed by atoms with Gasteiger partial charge in [-0.3, -0.25) is 9.78 Å². The highest BCUT2D eigenvalue weighted by atomic mass is 16.7. The highest BCUT2D eigenvalue weighted by Crippen LogP contribution is 2.33. The van der Waals surface area contributed by atoms with Crippen LogP contribution in [0.2, 0.25) is 0 Å². The van der Waals surface area contributed by atoms with Crippen LogP contribution in [0.3, 0.4) is 0 Å². The van der Waals surface area contributed by atoms with Crippen LogP contribution in [0.15, 0.2) is 48.8 Å². The van der Waals surface area contributed by atoms with E-state index in [1.165, 1.54) is 0 Å². The third-order valence-corrected chi connectivity index (χ3v) is 4.61. The highest BCUT2D eigenvalue weighted by Gasteiger charge is 2.41. The first-order valence-corrected chi connectivity index (χ1v) is 8.50. The molecule has 6 nitrogen and oxygen atoms in total. The van der Waals surface area contributed by atoms with Crippen molar-refractivity contribution in [3.63, 3.8) is 0 Å². The van der Waals surface area contributed by atoms with Crippen LogP contribution in [0.1, 0.15) is 23.2 Å². The largest absolute Gasteiger partial charge is 0.455 e. The predicted octanol–water partition coefficient (Wildman–Crippen LogP) is 2.85. The molecule has 3 heterocycles. The summed E-state index contributed by atoms with van der Waals surface area (Å²) in [5.74, 6) is 0.622. The molecule has 6 heteroatoms. The number of ether oxygens (including phenoxy) is 3. The number of piperidine rings is 1. The van der Waals surface area contributed by atoms with Gasteiger partial charge in [-0.2, -0.15) is 0 Å². The van der Waals surface area contributed by atoms with Gasteiger partial charge in [0.25, 0.3) is 5.91 Å². The van der Waals surface area contributed by atoms with Gasteiger partial charge in [-0.05, 0) is 24.3 Å². The number of benzene rings is 1. The Morgan fingerprint density at radius 1 is 1.08 bits per heavy atom. The second kappa shape index (κ2) is 6.82. The molecule has 0 atom stereocenters. The lowest BCUT2D eigenvalue weighted by atomic mass is 10.0. The molecule has 2 aliphatic heterocycles. The Labute approximate surface area is 146 Å². The zero-order valence-corrected chi connectivity index (χ0v) is 13.9. The molecule has 0 aliphatic carbocycles. The lowest BCUT2D eigenvalue weighted by molar-refractivity contribution is -0.181. The molecule has 130 valence electrons. The summed E-state index contributed by atoms with van der Waals surface area (Å²) in [5.41, 5.74) is 0.551. The number of hydrogen-bond acceptors (Lipinski definition) is 5. The van der Waals surface area contributed by atoms with E-state index < -0.39 is 5.79 Å². The van der Waals surface area contributed by atoms with Crippen LogP contribution in [0.5, 0.6) is 11.5 Å². The smallest absolute Gasteiger partial charge is 0.257 e. The van der Waals surface area contributed by atoms with Gasteiger partial charge in [0.1, 0.15) is 11.5 Å². The van der Waals surface area contributed by atoms with Crippen molar-refractivity contribution in [2.75, 3.05) is 26.3 Å². The minimum Gasteiger partial charge on any atom is -0.455 e. The van der Waals surface area contributed by atoms with Crippen molar-refractivity contribution in [3.05, 3.63) is 54.4 Å². The SMILES string of the molecule is O=C(c1ccccc1Oc1cccnc1)N1CCC2(CC1)OCCO2. The van der Waals surface area contributed by atoms with E-state index in [1.807, 2.05) is 23.1 Å². The van der Waals surface area contributed by atoms with E-state index in [0.29, 0.717) is 56.2 Å². The van der Waals surface area contributed by atoms with Crippen LogP contribution >= 0.6 is 0 Å². The molecule has 25 heavy (non-hydrogen) atoms. The van der Waals surface area contributed by atoms with Crippen molar-refractivity contribution < 1.29 is 19.0 Å². The maximum Gasteiger partial charge on any atom is 0.257 e. The Morgan fingerprint density at radius 3 is 2.56 bits per heavy atom. The Balaban J connectivity index is 1.49. The van der Waals surface area contributed by atoms with Crippen molar-refractivity contribution >= 4 is 5.91 Å². The summed E-state index contributed by atoms with van der Waals surface area (Å²) in [6.07, 6.45) is 4.70. The summed E-state index contributed by atoms with van der Waals surface area (Å²) in [6, 6.07) is 10.9. The average molecular weight is 340 g/mol. The fourth-order valence-electron chi connectivity index (χ4n) is 3.27. The number of nitrogens with zero attached hydrogens (tertiary/aromatic N) is 2. The van der Waals surface area contributed by atoms with E-state index in [-0.39, 0.29) is 5.91 Å². The molecule has 2 aromatic rings. The topological polar surface area (TPSA) is 60.9 Å². The van der Waals surface area contributed by atoms with E-state index in [9.17, 15) is 4.79 Å². The van der Waals surface area contributed by atoms with Gasteiger partial charge in [0.2, 0.25) is 0 Å². The van der Waals surface area contributed by atoms with Gasteiger partial charge in [0.05, 0.1) is 25.0 Å². The van der Waals surface area contributed by atoms with Crippen LogP contribution in [0.25, 0.3) is 0 Å². The number of para-hydroxylation sites is 1. The molecule has 1 spiro atoms. The number of hydrogen-bond donors (Lipinski definition) is 0. The van der Waals surface area contributed by atoms with Gasteiger partial charge in [-0.1, -0.05) is 12.1 Å². The van der Waals surface area contributed by atoms with Crippen molar-refractivity contribution in [1.29, 1.82) is 0 Å². The van der Waals surface area contributed by atoms with Crippen LogP contribution in [0.4, 0.5) is 0 Å². The Hall–Kier alpha value is -2.44. The third-order valence-electron chi connectivity index (χ3n) is 4.61. The second-order valence-corrected chi connectivity index (χ2v) is 6.19. The van der Waals surface area contributed by atoms with Crippen LogP contribution in [-0.2, 0) is 9.47 Å². The molecule has 1 aromatic carbocycles. The summed E-state index contributed by atoms with van der Waals surface area (Å²) in [4.78, 5) is 18.8. The quantitative estimate of drug-likeness (QED) is 0.860. The van der Waals surface area contributed by atoms with Gasteiger partial charge in [-0.15, -0.1) is 0 Å². The number of rotatable bonds is 3. The number of aromatic nitrogens is 1. The summed E-state index contributed by atoms with van der Waals surface area (Å²) in [5, 5.41) is 0. The van der Waals surface area contributed by atoms with Crippen molar-refractivity contribution in [2.24, 2.45) is 0 Å². The number of likely N-dealkylation sites (tertiary alicyclic amines) is 1. The van der Waals surface area contributed by atoms with Crippen molar-refractivity contribution in [3.8, 4) is 11.5 Å². The van der Waals surface area contributed by atoms with E-state index in [4.69, 9.17) is 14.2 Å². The van der Waals surface area contributed by atoms with E-state index in [2.05, 4.69) is 4.98 Å². The summed E-state index contributed by atoms with van der Waals surface area (Å²) in [6.45, 7) is 2.49. The van der Waals surface area contributed by atoms with Gasteiger partial charge >= 0.3 is 0 Å². The predicted molar refractivity (Wildman–Crippen MR) is 90.5 cm³/mol. The summed E-state index contributed by atoms with van der Waals surface area (Å²) < 4.78 is 17.3. The van der Waals surface area contributed by atoms with Crippen molar-refractivity contribution in [1.82, 2.24) is 9.88 Å². The minimum absolute atomic E-state index is 0.0349. The standard InChI is InChI=1S/C19H20N2O4/c22-18(21-10-7-19(8-11-21)23-12-13-24-19)16-5-1-2-6-17(16)25-15-4-3-9-20-14-15/h1-6,9,14H,7-8,10-13H2. The fraction of sp³-hybridized carbons (Fsp3) is 0.368. The summed E-state index contributed by atoms with van der Waals surface area (Å²) in [7, 11) is 0. The lowest BCUT2D eigenvalue weighted by Crippen LogP contribution is -2.47. The van der Waals surface area contributed by atoms with E-state index in [0.717, 1.165) is 0 Å². The first-order chi connectivity index (χ1) is 12.3. The number of amides is 1. The molecule has 2 fully saturated rings. The maximum atomic E-state index is 13.0. The highest BCUT2D eigenvalue weighted by molar-refractivity contribution is 5.97. The minimum atomic E-state index is -0.484. The second-order valence-electron chi connectivity index (χ2n) is 6.19. The molecule has 0 unspecified atom stereocenters. The zero-order chi connectivity index (χ0) is 17.1. The van der Waals surface area contributed by atoms with Gasteiger partial charge in [-0.25, -0.2) is 0 Å². The average Bonchev–Trinajstić information content (AvgIpc) is 3.11. The molecule has 0 N–H and O–H groups in total.